The maximum absolute atomic E-state index is 13.2. The molecule has 4 rings (SSSR count). The summed E-state index contributed by atoms with van der Waals surface area (Å²) in [6, 6.07) is 2.88. The van der Waals surface area contributed by atoms with E-state index in [9.17, 15) is 24.0 Å². The van der Waals surface area contributed by atoms with Crippen LogP contribution in [0.15, 0.2) is 29.5 Å². The maximum Gasteiger partial charge on any atom is 0.358 e. The Labute approximate surface area is 228 Å². The van der Waals surface area contributed by atoms with Gasteiger partial charge in [0.2, 0.25) is 19.5 Å². The Morgan fingerprint density at radius 2 is 1.92 bits per heavy atom. The van der Waals surface area contributed by atoms with Crippen LogP contribution < -0.4 is 20.5 Å². The van der Waals surface area contributed by atoms with E-state index in [4.69, 9.17) is 29.4 Å². The first-order chi connectivity index (χ1) is 18.4. The van der Waals surface area contributed by atoms with Crippen molar-refractivity contribution in [3.05, 3.63) is 35.0 Å². The molecule has 0 aliphatic carbocycles. The minimum absolute atomic E-state index is 0.00572. The van der Waals surface area contributed by atoms with Crippen LogP contribution in [0.3, 0.4) is 0 Å². The van der Waals surface area contributed by atoms with Crippen molar-refractivity contribution in [2.75, 3.05) is 25.9 Å². The average molecular weight is 564 g/mol. The van der Waals surface area contributed by atoms with E-state index in [1.807, 2.05) is 0 Å². The van der Waals surface area contributed by atoms with E-state index >= 15 is 0 Å². The molecule has 3 aliphatic rings. The van der Waals surface area contributed by atoms with Gasteiger partial charge < -0.3 is 34.7 Å². The van der Waals surface area contributed by atoms with Crippen LogP contribution in [0.25, 0.3) is 0 Å². The summed E-state index contributed by atoms with van der Waals surface area (Å²) in [5, 5.41) is 2.01. The van der Waals surface area contributed by atoms with E-state index in [2.05, 4.69) is 5.32 Å². The number of hydrogen-bond acceptors (Lipinski definition) is 12. The fourth-order valence-corrected chi connectivity index (χ4v) is 5.30. The minimum atomic E-state index is -1.14. The second kappa shape index (κ2) is 11.1. The second-order valence-electron chi connectivity index (χ2n) is 9.92. The number of benzene rings is 1. The van der Waals surface area contributed by atoms with Crippen LogP contribution in [0.4, 0.5) is 0 Å². The fraction of sp³-hybridized carbons (Fsp3) is 0.480. The summed E-state index contributed by atoms with van der Waals surface area (Å²) in [6.07, 6.45) is 0. The van der Waals surface area contributed by atoms with Crippen LogP contribution >= 0.6 is 11.8 Å². The monoisotopic (exact) mass is 563 g/mol. The van der Waals surface area contributed by atoms with Crippen molar-refractivity contribution in [3.8, 4) is 11.5 Å². The molecule has 0 bridgehead atoms. The van der Waals surface area contributed by atoms with Gasteiger partial charge in [0, 0.05) is 23.8 Å². The lowest BCUT2D eigenvalue weighted by Gasteiger charge is -2.49. The Kier molecular flexibility index (Phi) is 8.07. The normalized spacial score (nSPS) is 20.4. The number of ether oxygens (including phenoxy) is 5. The third kappa shape index (κ3) is 5.81. The van der Waals surface area contributed by atoms with Crippen LogP contribution in [0.2, 0.25) is 0 Å². The standard InChI is InChI=1S/C25H29N3O10S/c1-12(29)34-8-13-9-39-22-17(27-20(30)16(26)14-6-5-7-15-19(14)36-10-35-15)21(31)28(22)18(13)23(32)37-11-38-24(33)25(2,3)4/h5-7,16-17,22H,8-11,26H2,1-4H3,(H,27,30)/t16?,17-,22-/m1/s1. The molecule has 39 heavy (non-hydrogen) atoms. The molecule has 0 spiro atoms. The Bertz CT molecular complexity index is 1240. The Morgan fingerprint density at radius 3 is 2.62 bits per heavy atom. The van der Waals surface area contributed by atoms with Crippen LogP contribution in [0.5, 0.6) is 11.5 Å². The predicted molar refractivity (Wildman–Crippen MR) is 135 cm³/mol. The minimum Gasteiger partial charge on any atom is -0.461 e. The van der Waals surface area contributed by atoms with Crippen LogP contribution in [-0.4, -0.2) is 72.0 Å². The second-order valence-corrected chi connectivity index (χ2v) is 11.0. The number of amides is 2. The van der Waals surface area contributed by atoms with E-state index in [-0.39, 0.29) is 24.8 Å². The van der Waals surface area contributed by atoms with Crippen molar-refractivity contribution in [3.63, 3.8) is 0 Å². The molecule has 3 N–H and O–H groups in total. The predicted octanol–water partition coefficient (Wildman–Crippen LogP) is 0.722. The van der Waals surface area contributed by atoms with Gasteiger partial charge in [0.1, 0.15) is 29.8 Å². The molecule has 1 aromatic carbocycles. The van der Waals surface area contributed by atoms with Crippen LogP contribution in [0.1, 0.15) is 39.3 Å². The van der Waals surface area contributed by atoms with Crippen molar-refractivity contribution in [1.29, 1.82) is 0 Å². The number of para-hydroxylation sites is 1. The van der Waals surface area contributed by atoms with Crippen molar-refractivity contribution < 1.29 is 47.7 Å². The summed E-state index contributed by atoms with van der Waals surface area (Å²) in [5.74, 6) is -2.25. The lowest BCUT2D eigenvalue weighted by atomic mass is 9.98. The number of nitrogens with zero attached hydrogens (tertiary/aromatic N) is 1. The van der Waals surface area contributed by atoms with E-state index in [0.717, 1.165) is 0 Å². The van der Waals surface area contributed by atoms with Crippen molar-refractivity contribution in [1.82, 2.24) is 10.2 Å². The SMILES string of the molecule is CC(=O)OCC1=C(C(=O)OCOC(=O)C(C)(C)C)N2C(=O)[C@@H](NC(=O)C(N)c3cccc4c3OCO4)[C@H]2SC1. The number of thioether (sulfide) groups is 1. The molecular formula is C25H29N3O10S. The molecule has 3 heterocycles. The lowest BCUT2D eigenvalue weighted by molar-refractivity contribution is -0.173. The van der Waals surface area contributed by atoms with Gasteiger partial charge in [-0.15, -0.1) is 11.8 Å². The van der Waals surface area contributed by atoms with E-state index in [1.165, 1.54) is 23.6 Å². The molecule has 0 radical (unpaired) electrons. The number of rotatable bonds is 8. The quantitative estimate of drug-likeness (QED) is 0.258. The Morgan fingerprint density at radius 1 is 1.18 bits per heavy atom. The summed E-state index contributed by atoms with van der Waals surface area (Å²) < 4.78 is 25.9. The first-order valence-corrected chi connectivity index (χ1v) is 13.0. The highest BCUT2D eigenvalue weighted by Crippen LogP contribution is 2.42. The zero-order valence-corrected chi connectivity index (χ0v) is 22.6. The van der Waals surface area contributed by atoms with Gasteiger partial charge in [-0.3, -0.25) is 24.1 Å². The number of nitrogens with two attached hydrogens (primary N) is 1. The molecule has 14 heteroatoms. The molecular weight excluding hydrogens is 534 g/mol. The first kappa shape index (κ1) is 28.2. The number of nitrogens with one attached hydrogen (secondary N) is 1. The Balaban J connectivity index is 1.46. The van der Waals surface area contributed by atoms with Crippen molar-refractivity contribution in [2.24, 2.45) is 11.1 Å². The van der Waals surface area contributed by atoms with Gasteiger partial charge >= 0.3 is 17.9 Å². The van der Waals surface area contributed by atoms with Crippen LogP contribution in [-0.2, 0) is 38.2 Å². The van der Waals surface area contributed by atoms with Crippen molar-refractivity contribution in [2.45, 2.75) is 45.2 Å². The molecule has 1 fully saturated rings. The summed E-state index contributed by atoms with van der Waals surface area (Å²) in [6.45, 7) is 5.24. The number of carbonyl (C=O) groups is 5. The topological polar surface area (TPSA) is 173 Å². The molecule has 0 saturated carbocycles. The molecule has 210 valence electrons. The summed E-state index contributed by atoms with van der Waals surface area (Å²) in [4.78, 5) is 63.7. The molecule has 1 aromatic rings. The number of β-lactam (4-membered cyclic amide) rings is 1. The zero-order valence-electron chi connectivity index (χ0n) is 21.8. The van der Waals surface area contributed by atoms with Gasteiger partial charge in [-0.05, 0) is 26.8 Å². The summed E-state index contributed by atoms with van der Waals surface area (Å²) >= 11 is 1.27. The third-order valence-corrected chi connectivity index (χ3v) is 7.36. The average Bonchev–Trinajstić information content (AvgIpc) is 3.37. The molecule has 0 aromatic heterocycles. The smallest absolute Gasteiger partial charge is 0.358 e. The van der Waals surface area contributed by atoms with Gasteiger partial charge in [0.15, 0.2) is 11.5 Å². The first-order valence-electron chi connectivity index (χ1n) is 12.0. The number of carbonyl (C=O) groups excluding carboxylic acids is 5. The van der Waals surface area contributed by atoms with Crippen molar-refractivity contribution >= 4 is 41.5 Å². The summed E-state index contributed by atoms with van der Waals surface area (Å²) in [5.41, 5.74) is 5.98. The van der Waals surface area contributed by atoms with Gasteiger partial charge in [-0.25, -0.2) is 4.79 Å². The third-order valence-electron chi connectivity index (χ3n) is 6.03. The molecule has 1 saturated heterocycles. The lowest BCUT2D eigenvalue weighted by Crippen LogP contribution is -2.71. The van der Waals surface area contributed by atoms with E-state index in [0.29, 0.717) is 22.6 Å². The fourth-order valence-electron chi connectivity index (χ4n) is 3.97. The number of fused-ring (bicyclic) bond motifs is 2. The largest absolute Gasteiger partial charge is 0.461 e. The van der Waals surface area contributed by atoms with Gasteiger partial charge in [-0.1, -0.05) is 12.1 Å². The highest BCUT2D eigenvalue weighted by atomic mass is 32.2. The van der Waals surface area contributed by atoms with E-state index < -0.39 is 59.4 Å². The van der Waals surface area contributed by atoms with Gasteiger partial charge in [-0.2, -0.15) is 0 Å². The summed E-state index contributed by atoms with van der Waals surface area (Å²) in [7, 11) is 0. The van der Waals surface area contributed by atoms with Gasteiger partial charge in [0.25, 0.3) is 5.91 Å². The number of hydrogen-bond donors (Lipinski definition) is 2. The highest BCUT2D eigenvalue weighted by molar-refractivity contribution is 8.00. The Hall–Kier alpha value is -3.78. The highest BCUT2D eigenvalue weighted by Gasteiger charge is 2.55. The molecule has 2 amide bonds. The molecule has 3 atom stereocenters. The van der Waals surface area contributed by atoms with Gasteiger partial charge in [0.05, 0.1) is 5.41 Å². The van der Waals surface area contributed by atoms with E-state index in [1.54, 1.807) is 39.0 Å². The number of esters is 3. The zero-order chi connectivity index (χ0) is 28.5. The molecule has 1 unspecified atom stereocenters. The van der Waals surface area contributed by atoms with Crippen LogP contribution in [0, 0.1) is 5.41 Å². The maximum atomic E-state index is 13.2. The molecule has 3 aliphatic heterocycles. The molecule has 13 nitrogen and oxygen atoms in total.